The fraction of sp³-hybridized carbons (Fsp3) is 0.250. The highest BCUT2D eigenvalue weighted by molar-refractivity contribution is 6.25. The first kappa shape index (κ1) is 7.61. The highest BCUT2D eigenvalue weighted by Crippen LogP contribution is 1.65. The summed E-state index contributed by atoms with van der Waals surface area (Å²) in [4.78, 5) is 22.7. The minimum Gasteiger partial charge on any atom is -0.480 e. The Hall–Kier alpha value is -1.39. The predicted octanol–water partition coefficient (Wildman–Crippen LogP) is -1.37. The largest absolute Gasteiger partial charge is 0.480 e. The average Bonchev–Trinajstić information content (AvgIpc) is 1.63. The second-order valence-electron chi connectivity index (χ2n) is 1.27. The van der Waals surface area contributed by atoms with E-state index in [2.05, 4.69) is 10.7 Å². The first-order valence-corrected chi connectivity index (χ1v) is 2.14. The SMILES string of the molecule is NC(=O)C=NCC(=O)O. The number of carboxylic acids is 1. The first-order chi connectivity index (χ1) is 4.13. The summed E-state index contributed by atoms with van der Waals surface area (Å²) in [6, 6.07) is 0. The molecule has 0 aliphatic rings. The van der Waals surface area contributed by atoms with Crippen LogP contribution in [0.5, 0.6) is 0 Å². The third-order valence-corrected chi connectivity index (χ3v) is 0.445. The van der Waals surface area contributed by atoms with E-state index in [1.54, 1.807) is 0 Å². The molecule has 0 radical (unpaired) electrons. The quantitative estimate of drug-likeness (QED) is 0.461. The van der Waals surface area contributed by atoms with Crippen LogP contribution in [0.15, 0.2) is 4.99 Å². The molecule has 0 fully saturated rings. The molecule has 0 aromatic carbocycles. The number of nitrogens with zero attached hydrogens (tertiary/aromatic N) is 1. The van der Waals surface area contributed by atoms with E-state index in [0.29, 0.717) is 0 Å². The van der Waals surface area contributed by atoms with Gasteiger partial charge in [-0.05, 0) is 0 Å². The van der Waals surface area contributed by atoms with Crippen LogP contribution in [-0.2, 0) is 9.59 Å². The van der Waals surface area contributed by atoms with E-state index in [1.807, 2.05) is 0 Å². The molecule has 0 rings (SSSR count). The highest BCUT2D eigenvalue weighted by atomic mass is 16.4. The summed E-state index contributed by atoms with van der Waals surface area (Å²) in [5.74, 6) is -1.83. The maximum atomic E-state index is 9.86. The molecular formula is C4H6N2O3. The van der Waals surface area contributed by atoms with Gasteiger partial charge in [-0.25, -0.2) is 0 Å². The average molecular weight is 130 g/mol. The molecule has 3 N–H and O–H groups in total. The van der Waals surface area contributed by atoms with Crippen LogP contribution in [0.1, 0.15) is 0 Å². The molecule has 5 heteroatoms. The van der Waals surface area contributed by atoms with Crippen molar-refractivity contribution in [1.82, 2.24) is 0 Å². The zero-order valence-corrected chi connectivity index (χ0v) is 4.57. The third kappa shape index (κ3) is 6.61. The number of carbonyl (C=O) groups excluding carboxylic acids is 1. The number of carbonyl (C=O) groups is 2. The number of hydrogen-bond acceptors (Lipinski definition) is 3. The molecule has 50 valence electrons. The van der Waals surface area contributed by atoms with E-state index in [9.17, 15) is 9.59 Å². The Balaban J connectivity index is 3.48. The zero-order valence-electron chi connectivity index (χ0n) is 4.57. The molecule has 0 spiro atoms. The van der Waals surface area contributed by atoms with E-state index in [1.165, 1.54) is 0 Å². The van der Waals surface area contributed by atoms with Crippen molar-refractivity contribution in [3.05, 3.63) is 0 Å². The third-order valence-electron chi connectivity index (χ3n) is 0.445. The van der Waals surface area contributed by atoms with Gasteiger partial charge in [-0.3, -0.25) is 14.6 Å². The minimum absolute atomic E-state index is 0.414. The maximum Gasteiger partial charge on any atom is 0.325 e. The van der Waals surface area contributed by atoms with Crippen molar-refractivity contribution in [2.24, 2.45) is 10.7 Å². The number of aliphatic imine (C=N–C) groups is 1. The predicted molar refractivity (Wildman–Crippen MR) is 30.2 cm³/mol. The van der Waals surface area contributed by atoms with Crippen LogP contribution >= 0.6 is 0 Å². The number of rotatable bonds is 3. The molecule has 0 unspecified atom stereocenters. The van der Waals surface area contributed by atoms with Crippen LogP contribution in [0.4, 0.5) is 0 Å². The van der Waals surface area contributed by atoms with Crippen LogP contribution in [0.2, 0.25) is 0 Å². The summed E-state index contributed by atoms with van der Waals surface area (Å²) < 4.78 is 0. The Morgan fingerprint density at radius 1 is 1.67 bits per heavy atom. The van der Waals surface area contributed by atoms with Gasteiger partial charge in [0, 0.05) is 0 Å². The van der Waals surface area contributed by atoms with Crippen LogP contribution in [-0.4, -0.2) is 29.7 Å². The first-order valence-electron chi connectivity index (χ1n) is 2.14. The Morgan fingerprint density at radius 3 is 2.56 bits per heavy atom. The second-order valence-corrected chi connectivity index (χ2v) is 1.27. The molecule has 0 heterocycles. The zero-order chi connectivity index (χ0) is 7.28. The number of aliphatic carboxylic acids is 1. The molecule has 0 aromatic heterocycles. The van der Waals surface area contributed by atoms with Crippen molar-refractivity contribution in [2.45, 2.75) is 0 Å². The van der Waals surface area contributed by atoms with Gasteiger partial charge in [-0.15, -0.1) is 0 Å². The summed E-state index contributed by atoms with van der Waals surface area (Å²) in [6.45, 7) is -0.414. The van der Waals surface area contributed by atoms with Crippen LogP contribution < -0.4 is 5.73 Å². The van der Waals surface area contributed by atoms with E-state index >= 15 is 0 Å². The number of carboxylic acid groups (broad SMARTS) is 1. The van der Waals surface area contributed by atoms with Gasteiger partial charge in [0.1, 0.15) is 6.54 Å². The Kier molecular flexibility index (Phi) is 3.04. The van der Waals surface area contributed by atoms with Crippen LogP contribution in [0.3, 0.4) is 0 Å². The fourth-order valence-corrected chi connectivity index (χ4v) is 0.214. The molecular weight excluding hydrogens is 124 g/mol. The topological polar surface area (TPSA) is 92.8 Å². The van der Waals surface area contributed by atoms with Crippen molar-refractivity contribution in [3.8, 4) is 0 Å². The van der Waals surface area contributed by atoms with Gasteiger partial charge in [0.15, 0.2) is 0 Å². The molecule has 0 bridgehead atoms. The fourth-order valence-electron chi connectivity index (χ4n) is 0.214. The number of primary amides is 1. The minimum atomic E-state index is -1.09. The summed E-state index contributed by atoms with van der Waals surface area (Å²) in [6.07, 6.45) is 0.772. The Bertz CT molecular complexity index is 152. The molecule has 1 amide bonds. The lowest BCUT2D eigenvalue weighted by molar-refractivity contribution is -0.135. The maximum absolute atomic E-state index is 9.86. The van der Waals surface area contributed by atoms with Gasteiger partial charge < -0.3 is 10.8 Å². The van der Waals surface area contributed by atoms with Gasteiger partial charge in [0.05, 0.1) is 6.21 Å². The van der Waals surface area contributed by atoms with E-state index in [4.69, 9.17) is 5.11 Å². The van der Waals surface area contributed by atoms with Gasteiger partial charge in [0.25, 0.3) is 5.91 Å². The van der Waals surface area contributed by atoms with Crippen molar-refractivity contribution >= 4 is 18.1 Å². The van der Waals surface area contributed by atoms with Crippen LogP contribution in [0.25, 0.3) is 0 Å². The Morgan fingerprint density at radius 2 is 2.22 bits per heavy atom. The Labute approximate surface area is 51.2 Å². The molecule has 5 nitrogen and oxygen atoms in total. The van der Waals surface area contributed by atoms with Crippen molar-refractivity contribution < 1.29 is 14.7 Å². The smallest absolute Gasteiger partial charge is 0.325 e. The van der Waals surface area contributed by atoms with E-state index in [-0.39, 0.29) is 0 Å². The van der Waals surface area contributed by atoms with Crippen molar-refractivity contribution in [2.75, 3.05) is 6.54 Å². The molecule has 0 saturated heterocycles. The summed E-state index contributed by atoms with van der Waals surface area (Å²) in [5, 5.41) is 7.96. The highest BCUT2D eigenvalue weighted by Gasteiger charge is 1.90. The lowest BCUT2D eigenvalue weighted by Crippen LogP contribution is -2.12. The normalized spacial score (nSPS) is 9.78. The number of nitrogens with two attached hydrogens (primary N) is 1. The molecule has 9 heavy (non-hydrogen) atoms. The van der Waals surface area contributed by atoms with Gasteiger partial charge in [0.2, 0.25) is 0 Å². The van der Waals surface area contributed by atoms with E-state index in [0.717, 1.165) is 6.21 Å². The second kappa shape index (κ2) is 3.59. The summed E-state index contributed by atoms with van der Waals surface area (Å²) in [7, 11) is 0. The van der Waals surface area contributed by atoms with Crippen LogP contribution in [0, 0.1) is 0 Å². The molecule has 0 aliphatic carbocycles. The summed E-state index contributed by atoms with van der Waals surface area (Å²) in [5.41, 5.74) is 4.60. The molecule has 0 aliphatic heterocycles. The molecule has 0 aromatic rings. The number of amides is 1. The standard InChI is InChI=1S/C4H6N2O3/c5-3(7)1-6-2-4(8)9/h1H,2H2,(H2,5,7)(H,8,9). The lowest BCUT2D eigenvalue weighted by atomic mass is 10.6. The van der Waals surface area contributed by atoms with Crippen molar-refractivity contribution in [3.63, 3.8) is 0 Å². The van der Waals surface area contributed by atoms with Gasteiger partial charge in [-0.2, -0.15) is 0 Å². The van der Waals surface area contributed by atoms with Crippen molar-refractivity contribution in [1.29, 1.82) is 0 Å². The number of hydrogen-bond donors (Lipinski definition) is 2. The van der Waals surface area contributed by atoms with Gasteiger partial charge in [-0.1, -0.05) is 0 Å². The van der Waals surface area contributed by atoms with E-state index < -0.39 is 18.4 Å². The molecule has 0 saturated carbocycles. The molecule has 0 atom stereocenters. The monoisotopic (exact) mass is 130 g/mol. The van der Waals surface area contributed by atoms with Gasteiger partial charge >= 0.3 is 5.97 Å². The lowest BCUT2D eigenvalue weighted by Gasteiger charge is -1.81. The summed E-state index contributed by atoms with van der Waals surface area (Å²) >= 11 is 0.